The van der Waals surface area contributed by atoms with Gasteiger partial charge in [0.05, 0.1) is 0 Å². The summed E-state index contributed by atoms with van der Waals surface area (Å²) < 4.78 is 0. The van der Waals surface area contributed by atoms with Gasteiger partial charge in [-0.1, -0.05) is 19.8 Å². The molecule has 0 aliphatic heterocycles. The van der Waals surface area contributed by atoms with Gasteiger partial charge in [-0.25, -0.2) is 0 Å². The number of hydrogen-bond donors (Lipinski definition) is 2. The van der Waals surface area contributed by atoms with Crippen molar-refractivity contribution in [1.82, 2.24) is 5.32 Å². The van der Waals surface area contributed by atoms with Crippen LogP contribution in [0.25, 0.3) is 0 Å². The summed E-state index contributed by atoms with van der Waals surface area (Å²) in [6.07, 6.45) is 5.22. The smallest absolute Gasteiger partial charge is 0.0388 e. The molecule has 0 aliphatic rings. The molecule has 2 heteroatoms. The van der Waals surface area contributed by atoms with Gasteiger partial charge in [0.2, 0.25) is 0 Å². The maximum Gasteiger partial charge on any atom is 0.0388 e. The second kappa shape index (κ2) is 6.75. The number of unbranched alkanes of at least 4 members (excludes halogenated alkanes) is 2. The van der Waals surface area contributed by atoms with E-state index in [1.807, 2.05) is 6.92 Å². The summed E-state index contributed by atoms with van der Waals surface area (Å²) >= 11 is 0. The van der Waals surface area contributed by atoms with Gasteiger partial charge in [-0.05, 0) is 19.9 Å². The second-order valence-electron chi connectivity index (χ2n) is 2.62. The average Bonchev–Trinajstić information content (AvgIpc) is 1.98. The van der Waals surface area contributed by atoms with Crippen molar-refractivity contribution in [2.45, 2.75) is 39.2 Å². The maximum absolute atomic E-state index is 6.90. The summed E-state index contributed by atoms with van der Waals surface area (Å²) in [6.45, 7) is 5.24. The van der Waals surface area contributed by atoms with Gasteiger partial charge in [-0.2, -0.15) is 0 Å². The van der Waals surface area contributed by atoms with Gasteiger partial charge in [0.25, 0.3) is 0 Å². The highest BCUT2D eigenvalue weighted by molar-refractivity contribution is 5.59. The molecule has 0 amide bonds. The molecule has 0 aliphatic carbocycles. The van der Waals surface area contributed by atoms with Crippen molar-refractivity contribution in [2.24, 2.45) is 0 Å². The van der Waals surface area contributed by atoms with Crippen LogP contribution in [0.3, 0.4) is 0 Å². The summed E-state index contributed by atoms with van der Waals surface area (Å²) in [4.78, 5) is 0. The fraction of sp³-hybridized carbons (Fsp3) is 0.875. The highest BCUT2D eigenvalue weighted by atomic mass is 14.9. The average molecular weight is 142 g/mol. The maximum atomic E-state index is 6.90. The van der Waals surface area contributed by atoms with E-state index in [1.54, 1.807) is 0 Å². The minimum absolute atomic E-state index is 0.247. The van der Waals surface area contributed by atoms with Crippen LogP contribution in [-0.4, -0.2) is 18.8 Å². The normalized spacial score (nSPS) is 13.0. The first-order valence-corrected chi connectivity index (χ1v) is 4.05. The van der Waals surface area contributed by atoms with Crippen LogP contribution >= 0.6 is 0 Å². The van der Waals surface area contributed by atoms with Crippen LogP contribution in [0.15, 0.2) is 0 Å². The van der Waals surface area contributed by atoms with Crippen molar-refractivity contribution in [1.29, 1.82) is 5.41 Å². The molecule has 2 N–H and O–H groups in total. The Balaban J connectivity index is 2.95. The van der Waals surface area contributed by atoms with E-state index < -0.39 is 0 Å². The van der Waals surface area contributed by atoms with E-state index in [9.17, 15) is 0 Å². The van der Waals surface area contributed by atoms with Crippen molar-refractivity contribution < 1.29 is 0 Å². The van der Waals surface area contributed by atoms with E-state index in [-0.39, 0.29) is 6.04 Å². The van der Waals surface area contributed by atoms with Crippen LogP contribution in [0, 0.1) is 5.41 Å². The first-order valence-electron chi connectivity index (χ1n) is 4.05. The Hall–Kier alpha value is -0.370. The van der Waals surface area contributed by atoms with Crippen LogP contribution < -0.4 is 5.32 Å². The summed E-state index contributed by atoms with van der Waals surface area (Å²) in [5.41, 5.74) is 0. The fourth-order valence-corrected chi connectivity index (χ4v) is 0.764. The van der Waals surface area contributed by atoms with Crippen molar-refractivity contribution in [3.8, 4) is 0 Å². The molecule has 1 atom stereocenters. The third-order valence-electron chi connectivity index (χ3n) is 1.50. The highest BCUT2D eigenvalue weighted by Gasteiger charge is 1.92. The van der Waals surface area contributed by atoms with E-state index in [4.69, 9.17) is 5.41 Å². The SMILES string of the molecule is CCCCCNC(C)C=N. The first-order chi connectivity index (χ1) is 4.81. The molecular weight excluding hydrogens is 124 g/mol. The quantitative estimate of drug-likeness (QED) is 0.430. The molecule has 1 unspecified atom stereocenters. The van der Waals surface area contributed by atoms with Gasteiger partial charge in [0, 0.05) is 12.3 Å². The zero-order chi connectivity index (χ0) is 7.82. The van der Waals surface area contributed by atoms with Gasteiger partial charge in [0.15, 0.2) is 0 Å². The van der Waals surface area contributed by atoms with Crippen molar-refractivity contribution in [3.63, 3.8) is 0 Å². The van der Waals surface area contributed by atoms with Gasteiger partial charge in [0.1, 0.15) is 0 Å². The van der Waals surface area contributed by atoms with Crippen LogP contribution in [0.2, 0.25) is 0 Å². The Morgan fingerprint density at radius 1 is 1.50 bits per heavy atom. The second-order valence-corrected chi connectivity index (χ2v) is 2.62. The van der Waals surface area contributed by atoms with Gasteiger partial charge in [-0.15, -0.1) is 0 Å². The molecule has 0 aromatic rings. The lowest BCUT2D eigenvalue weighted by Crippen LogP contribution is -2.27. The predicted octanol–water partition coefficient (Wildman–Crippen LogP) is 1.80. The Bertz CT molecular complexity index is 81.3. The molecule has 0 saturated carbocycles. The Morgan fingerprint density at radius 2 is 2.20 bits per heavy atom. The molecule has 0 heterocycles. The van der Waals surface area contributed by atoms with Gasteiger partial charge >= 0.3 is 0 Å². The molecule has 0 saturated heterocycles. The molecule has 0 radical (unpaired) electrons. The van der Waals surface area contributed by atoms with Crippen LogP contribution in [0.4, 0.5) is 0 Å². The zero-order valence-electron chi connectivity index (χ0n) is 6.98. The monoisotopic (exact) mass is 142 g/mol. The molecular formula is C8H18N2. The molecule has 0 spiro atoms. The van der Waals surface area contributed by atoms with Gasteiger partial charge < -0.3 is 10.7 Å². The Morgan fingerprint density at radius 3 is 2.70 bits per heavy atom. The molecule has 0 rings (SSSR count). The summed E-state index contributed by atoms with van der Waals surface area (Å²) in [6, 6.07) is 0.247. The van der Waals surface area contributed by atoms with Crippen molar-refractivity contribution >= 4 is 6.21 Å². The molecule has 10 heavy (non-hydrogen) atoms. The van der Waals surface area contributed by atoms with E-state index in [0.717, 1.165) is 6.54 Å². The first kappa shape index (κ1) is 9.63. The van der Waals surface area contributed by atoms with Crippen LogP contribution in [0.1, 0.15) is 33.1 Å². The summed E-state index contributed by atoms with van der Waals surface area (Å²) in [5, 5.41) is 10.1. The minimum atomic E-state index is 0.247. The number of nitrogens with one attached hydrogen (secondary N) is 2. The lowest BCUT2D eigenvalue weighted by molar-refractivity contribution is 0.602. The Labute approximate surface area is 63.5 Å². The third kappa shape index (κ3) is 5.76. The summed E-state index contributed by atoms with van der Waals surface area (Å²) in [5.74, 6) is 0. The molecule has 2 nitrogen and oxygen atoms in total. The molecule has 0 fully saturated rings. The van der Waals surface area contributed by atoms with Crippen molar-refractivity contribution in [3.05, 3.63) is 0 Å². The van der Waals surface area contributed by atoms with Crippen LogP contribution in [0.5, 0.6) is 0 Å². The fourth-order valence-electron chi connectivity index (χ4n) is 0.764. The summed E-state index contributed by atoms with van der Waals surface area (Å²) in [7, 11) is 0. The molecule has 60 valence electrons. The third-order valence-corrected chi connectivity index (χ3v) is 1.50. The van der Waals surface area contributed by atoms with E-state index in [1.165, 1.54) is 25.5 Å². The Kier molecular flexibility index (Phi) is 6.50. The lowest BCUT2D eigenvalue weighted by Gasteiger charge is -2.06. The number of rotatable bonds is 6. The minimum Gasteiger partial charge on any atom is -0.311 e. The van der Waals surface area contributed by atoms with E-state index >= 15 is 0 Å². The van der Waals surface area contributed by atoms with E-state index in [2.05, 4.69) is 12.2 Å². The van der Waals surface area contributed by atoms with Crippen molar-refractivity contribution in [2.75, 3.05) is 6.54 Å². The molecule has 0 aromatic carbocycles. The lowest BCUT2D eigenvalue weighted by atomic mass is 10.2. The highest BCUT2D eigenvalue weighted by Crippen LogP contribution is 1.91. The zero-order valence-corrected chi connectivity index (χ0v) is 6.98. The topological polar surface area (TPSA) is 35.9 Å². The number of hydrogen-bond acceptors (Lipinski definition) is 2. The molecule has 0 bridgehead atoms. The largest absolute Gasteiger partial charge is 0.311 e. The van der Waals surface area contributed by atoms with Crippen LogP contribution in [-0.2, 0) is 0 Å². The molecule has 0 aromatic heterocycles. The standard InChI is InChI=1S/C8H18N2/c1-3-4-5-6-10-8(2)7-9/h7-10H,3-6H2,1-2H3. The van der Waals surface area contributed by atoms with Gasteiger partial charge in [-0.3, -0.25) is 0 Å². The predicted molar refractivity (Wildman–Crippen MR) is 45.8 cm³/mol. The van der Waals surface area contributed by atoms with E-state index in [0.29, 0.717) is 0 Å².